The number of carbonyl (C=O) groups excluding carboxylic acids is 5. The van der Waals surface area contributed by atoms with Crippen molar-refractivity contribution < 1.29 is 43.3 Å². The molecule has 3 aromatic carbocycles. The van der Waals surface area contributed by atoms with Crippen molar-refractivity contribution in [2.24, 2.45) is 5.41 Å². The summed E-state index contributed by atoms with van der Waals surface area (Å²) in [6, 6.07) is 21.1. The van der Waals surface area contributed by atoms with Crippen molar-refractivity contribution in [2.45, 2.75) is 144 Å². The number of unbranched alkanes of at least 4 members (excludes halogenated alkanes) is 2. The van der Waals surface area contributed by atoms with E-state index in [9.17, 15) is 33.9 Å². The first-order valence-corrected chi connectivity index (χ1v) is 32.6. The quantitative estimate of drug-likeness (QED) is 0.0265. The Labute approximate surface area is 528 Å². The molecule has 21 heteroatoms. The number of aliphatic hydroxyl groups is 1. The summed E-state index contributed by atoms with van der Waals surface area (Å²) in [6.07, 6.45) is 3.69. The molecule has 5 heterocycles. The number of aliphatic hydroxyl groups excluding tert-OH is 1. The van der Waals surface area contributed by atoms with Gasteiger partial charge in [0.15, 0.2) is 0 Å². The lowest BCUT2D eigenvalue weighted by Crippen LogP contribution is -2.57. The summed E-state index contributed by atoms with van der Waals surface area (Å²) in [5.41, 5.74) is 11.7. The Morgan fingerprint density at radius 1 is 0.798 bits per heavy atom. The standard InChI is InChI=1S/C68H94N10O10S/c1-9-77(54-21-30-87-31-22-54)58-37-53(36-56(47(58)4)64(82)71-40-57-45(2)35-46(3)73-65(57)83)51-17-15-50(16-18-51)41-75-25-27-76(28-26-75)43-61(81)69-24-11-10-12-29-86-33-34-88-32-23-60(80)74-63(68(6,7)8)67(85)78-42-55(79)38-59(78)66(84)70-39-49-13-19-52(20-14-49)62-48(5)72-44-89-62/h13-20,35-37,44,54-55,59,63,79H,9-12,21-34,38-43H2,1-8H3,(H,69,81)(H,70,84)(H,71,82)(H,73,83)(H,74,80)/t55-,59+,63?/m1/s1. The second-order valence-electron chi connectivity index (χ2n) is 25.0. The molecule has 3 saturated heterocycles. The van der Waals surface area contributed by atoms with Gasteiger partial charge in [-0.25, -0.2) is 4.98 Å². The maximum absolute atomic E-state index is 14.0. The normalized spacial score (nSPS) is 17.1. The van der Waals surface area contributed by atoms with Crippen LogP contribution in [0, 0.1) is 33.1 Å². The highest BCUT2D eigenvalue weighted by Crippen LogP contribution is 2.35. The minimum atomic E-state index is -0.930. The number of H-pyrrole nitrogens is 1. The van der Waals surface area contributed by atoms with Gasteiger partial charge >= 0.3 is 0 Å². The van der Waals surface area contributed by atoms with E-state index in [1.807, 2.05) is 90.4 Å². The van der Waals surface area contributed by atoms with Crippen molar-refractivity contribution in [1.82, 2.24) is 45.9 Å². The molecule has 8 rings (SSSR count). The van der Waals surface area contributed by atoms with Gasteiger partial charge in [-0.15, -0.1) is 11.3 Å². The molecule has 0 radical (unpaired) electrons. The predicted molar refractivity (Wildman–Crippen MR) is 348 cm³/mol. The fourth-order valence-corrected chi connectivity index (χ4v) is 12.9. The number of thiazole rings is 1. The first kappa shape index (κ1) is 68.1. The third-order valence-electron chi connectivity index (χ3n) is 17.2. The van der Waals surface area contributed by atoms with Gasteiger partial charge in [-0.05, 0) is 129 Å². The Morgan fingerprint density at radius 3 is 2.16 bits per heavy atom. The molecule has 3 fully saturated rings. The van der Waals surface area contributed by atoms with Crippen molar-refractivity contribution >= 4 is 46.6 Å². The van der Waals surface area contributed by atoms with Crippen LogP contribution < -0.4 is 31.7 Å². The van der Waals surface area contributed by atoms with Crippen LogP contribution in [0.3, 0.4) is 0 Å². The number of nitrogens with zero attached hydrogens (tertiary/aromatic N) is 5. The first-order valence-electron chi connectivity index (χ1n) is 31.7. The molecular weight excluding hydrogens is 1150 g/mol. The molecule has 0 spiro atoms. The van der Waals surface area contributed by atoms with E-state index >= 15 is 0 Å². The Kier molecular flexibility index (Phi) is 25.1. The molecule has 0 bridgehead atoms. The van der Waals surface area contributed by atoms with Gasteiger partial charge in [0, 0.05) is 127 Å². The number of benzene rings is 3. The molecule has 5 aromatic rings. The number of nitrogens with one attached hydrogen (secondary N) is 5. The summed E-state index contributed by atoms with van der Waals surface area (Å²) in [7, 11) is 0. The van der Waals surface area contributed by atoms with Crippen molar-refractivity contribution in [3.05, 3.63) is 127 Å². The zero-order chi connectivity index (χ0) is 63.6. The van der Waals surface area contributed by atoms with Gasteiger partial charge in [-0.1, -0.05) is 69.3 Å². The van der Waals surface area contributed by atoms with Gasteiger partial charge in [0.05, 0.1) is 48.6 Å². The van der Waals surface area contributed by atoms with Gasteiger partial charge in [-0.3, -0.25) is 38.6 Å². The first-order chi connectivity index (χ1) is 42.8. The minimum Gasteiger partial charge on any atom is -0.391 e. The molecular formula is C68H94N10O10S. The number of β-amino-alcohol motifs (C(OH)–C–C–N with tert-alkyl or cyclic N) is 1. The highest BCUT2D eigenvalue weighted by atomic mass is 32.1. The number of carbonyl (C=O) groups is 5. The van der Waals surface area contributed by atoms with E-state index < -0.39 is 29.5 Å². The van der Waals surface area contributed by atoms with Gasteiger partial charge in [0.1, 0.15) is 12.1 Å². The molecule has 20 nitrogen and oxygen atoms in total. The summed E-state index contributed by atoms with van der Waals surface area (Å²) in [5.74, 6) is -1.32. The summed E-state index contributed by atoms with van der Waals surface area (Å²) >= 11 is 1.57. The minimum absolute atomic E-state index is 0.00536. The van der Waals surface area contributed by atoms with Crippen molar-refractivity contribution in [2.75, 3.05) is 96.9 Å². The van der Waals surface area contributed by atoms with Gasteiger partial charge in [-0.2, -0.15) is 0 Å². The molecule has 1 unspecified atom stereocenters. The van der Waals surface area contributed by atoms with Gasteiger partial charge in [0.2, 0.25) is 23.6 Å². The maximum Gasteiger partial charge on any atom is 0.253 e. The largest absolute Gasteiger partial charge is 0.391 e. The average molecular weight is 1240 g/mol. The fraction of sp³-hybridized carbons (Fsp3) is 0.544. The van der Waals surface area contributed by atoms with Crippen LogP contribution in [0.2, 0.25) is 0 Å². The fourth-order valence-electron chi connectivity index (χ4n) is 12.0. The molecule has 3 aliphatic rings. The van der Waals surface area contributed by atoms with E-state index in [0.717, 1.165) is 127 Å². The number of hydrogen-bond donors (Lipinski definition) is 6. The van der Waals surface area contributed by atoms with E-state index in [1.165, 1.54) is 10.5 Å². The number of rotatable bonds is 29. The Balaban J connectivity index is 0.682. The number of ether oxygens (including phenoxy) is 3. The summed E-state index contributed by atoms with van der Waals surface area (Å²) in [5, 5.41) is 22.6. The molecule has 89 heavy (non-hydrogen) atoms. The molecule has 3 aliphatic heterocycles. The van der Waals surface area contributed by atoms with Gasteiger partial charge in [0.25, 0.3) is 11.5 Å². The smallest absolute Gasteiger partial charge is 0.253 e. The van der Waals surface area contributed by atoms with Crippen LogP contribution in [-0.4, -0.2) is 176 Å². The van der Waals surface area contributed by atoms with E-state index in [4.69, 9.17) is 14.2 Å². The van der Waals surface area contributed by atoms with E-state index in [2.05, 4.69) is 83.2 Å². The molecule has 5 amide bonds. The highest BCUT2D eigenvalue weighted by Gasteiger charge is 2.44. The van der Waals surface area contributed by atoms with Crippen LogP contribution in [0.25, 0.3) is 21.6 Å². The number of aryl methyl sites for hydroxylation is 3. The maximum atomic E-state index is 14.0. The summed E-state index contributed by atoms with van der Waals surface area (Å²) < 4.78 is 17.2. The van der Waals surface area contributed by atoms with Crippen LogP contribution in [0.1, 0.15) is 122 Å². The highest BCUT2D eigenvalue weighted by molar-refractivity contribution is 7.13. The Morgan fingerprint density at radius 2 is 1.48 bits per heavy atom. The van der Waals surface area contributed by atoms with Crippen LogP contribution in [0.4, 0.5) is 5.69 Å². The lowest BCUT2D eigenvalue weighted by atomic mass is 9.85. The molecule has 3 atom stereocenters. The number of pyridine rings is 1. The van der Waals surface area contributed by atoms with E-state index in [1.54, 1.807) is 11.3 Å². The molecule has 6 N–H and O–H groups in total. The lowest BCUT2D eigenvalue weighted by Gasteiger charge is -2.37. The predicted octanol–water partition coefficient (Wildman–Crippen LogP) is 6.97. The number of aromatic amines is 1. The Hall–Kier alpha value is -6.85. The number of piperazine rings is 1. The number of anilines is 1. The third-order valence-corrected chi connectivity index (χ3v) is 18.2. The third kappa shape index (κ3) is 19.3. The van der Waals surface area contributed by atoms with Crippen LogP contribution in [0.5, 0.6) is 0 Å². The number of likely N-dealkylation sites (tertiary alicyclic amines) is 1. The number of hydrogen-bond acceptors (Lipinski definition) is 15. The topological polar surface area (TPSA) is 240 Å². The van der Waals surface area contributed by atoms with E-state index in [0.29, 0.717) is 63.3 Å². The van der Waals surface area contributed by atoms with Crippen molar-refractivity contribution in [3.63, 3.8) is 0 Å². The number of aromatic nitrogens is 2. The van der Waals surface area contributed by atoms with Crippen LogP contribution in [0.15, 0.2) is 77.0 Å². The summed E-state index contributed by atoms with van der Waals surface area (Å²) in [6.45, 7) is 24.5. The van der Waals surface area contributed by atoms with Crippen molar-refractivity contribution in [3.8, 4) is 21.6 Å². The monoisotopic (exact) mass is 1240 g/mol. The Bertz CT molecular complexity index is 3220. The second-order valence-corrected chi connectivity index (χ2v) is 25.9. The molecule has 0 saturated carbocycles. The molecule has 0 aliphatic carbocycles. The summed E-state index contributed by atoms with van der Waals surface area (Å²) in [4.78, 5) is 97.1. The number of amides is 5. The van der Waals surface area contributed by atoms with Crippen LogP contribution in [-0.2, 0) is 53.0 Å². The van der Waals surface area contributed by atoms with Crippen LogP contribution >= 0.6 is 11.3 Å². The zero-order valence-electron chi connectivity index (χ0n) is 53.5. The lowest BCUT2D eigenvalue weighted by molar-refractivity contribution is -0.144. The van der Waals surface area contributed by atoms with Crippen molar-refractivity contribution in [1.29, 1.82) is 0 Å². The SMILES string of the molecule is CCN(c1cc(-c2ccc(CN3CCN(CC(=O)NCCCCCOCCOCCC(=O)NC(C(=O)N4C[C@H](O)C[C@H]4C(=O)NCc4ccc(-c5scnc5C)cc4)C(C)(C)C)CC3)cc2)cc(C(=O)NCc2c(C)cc(C)[nH]c2=O)c1C)C1CCOCC1. The zero-order valence-corrected chi connectivity index (χ0v) is 54.3. The van der Waals surface area contributed by atoms with E-state index in [-0.39, 0.29) is 68.3 Å². The average Bonchev–Trinajstić information content (AvgIpc) is 1.90. The van der Waals surface area contributed by atoms with Gasteiger partial charge < -0.3 is 55.4 Å². The molecule has 482 valence electrons. The molecule has 2 aromatic heterocycles. The second kappa shape index (κ2) is 32.8.